The molecule has 4 rings (SSSR count). The van der Waals surface area contributed by atoms with Crippen LogP contribution in [0.25, 0.3) is 10.8 Å². The molecule has 2 aromatic rings. The molecule has 0 N–H and O–H groups in total. The molecule has 0 aromatic heterocycles. The Labute approximate surface area is 149 Å². The summed E-state index contributed by atoms with van der Waals surface area (Å²) >= 11 is 0. The quantitative estimate of drug-likeness (QED) is 0.738. The Morgan fingerprint density at radius 1 is 1.12 bits per heavy atom. The van der Waals surface area contributed by atoms with Crippen LogP contribution in [-0.2, 0) is 9.53 Å². The van der Waals surface area contributed by atoms with Gasteiger partial charge >= 0.3 is 5.97 Å². The Kier molecular flexibility index (Phi) is 3.78. The van der Waals surface area contributed by atoms with E-state index in [1.165, 1.54) is 6.42 Å². The average molecular weight is 338 g/mol. The van der Waals surface area contributed by atoms with Crippen molar-refractivity contribution in [3.63, 3.8) is 0 Å². The van der Waals surface area contributed by atoms with E-state index in [0.717, 1.165) is 23.6 Å². The van der Waals surface area contributed by atoms with E-state index in [2.05, 4.69) is 26.8 Å². The van der Waals surface area contributed by atoms with Crippen molar-refractivity contribution < 1.29 is 14.3 Å². The van der Waals surface area contributed by atoms with Crippen LogP contribution in [0.1, 0.15) is 40.0 Å². The van der Waals surface area contributed by atoms with Crippen molar-refractivity contribution in [3.05, 3.63) is 42.5 Å². The van der Waals surface area contributed by atoms with Gasteiger partial charge in [-0.15, -0.1) is 0 Å². The number of esters is 1. The summed E-state index contributed by atoms with van der Waals surface area (Å²) in [5.74, 6) is 1.11. The fourth-order valence-electron chi connectivity index (χ4n) is 4.90. The molecule has 0 amide bonds. The normalized spacial score (nSPS) is 29.7. The third-order valence-electron chi connectivity index (χ3n) is 7.07. The van der Waals surface area contributed by atoms with Gasteiger partial charge in [0.05, 0.1) is 0 Å². The van der Waals surface area contributed by atoms with Gasteiger partial charge in [0.15, 0.2) is 6.61 Å². The van der Waals surface area contributed by atoms with E-state index in [0.29, 0.717) is 11.7 Å². The van der Waals surface area contributed by atoms with Crippen molar-refractivity contribution in [2.75, 3.05) is 6.61 Å². The maximum atomic E-state index is 12.3. The van der Waals surface area contributed by atoms with Gasteiger partial charge < -0.3 is 9.47 Å². The zero-order chi connectivity index (χ0) is 17.7. The van der Waals surface area contributed by atoms with E-state index < -0.39 is 0 Å². The third kappa shape index (κ3) is 2.61. The molecule has 2 aromatic carbocycles. The number of fused-ring (bicyclic) bond motifs is 3. The Morgan fingerprint density at radius 3 is 2.56 bits per heavy atom. The smallest absolute Gasteiger partial charge is 0.344 e. The third-order valence-corrected chi connectivity index (χ3v) is 7.07. The first-order chi connectivity index (χ1) is 11.9. The summed E-state index contributed by atoms with van der Waals surface area (Å²) in [6, 6.07) is 14.0. The van der Waals surface area contributed by atoms with Gasteiger partial charge in [-0.2, -0.15) is 0 Å². The molecule has 2 aliphatic rings. The van der Waals surface area contributed by atoms with E-state index in [4.69, 9.17) is 9.47 Å². The van der Waals surface area contributed by atoms with Crippen LogP contribution < -0.4 is 4.74 Å². The van der Waals surface area contributed by atoms with E-state index in [9.17, 15) is 4.79 Å². The number of ether oxygens (including phenoxy) is 2. The van der Waals surface area contributed by atoms with Crippen LogP contribution >= 0.6 is 0 Å². The lowest BCUT2D eigenvalue weighted by atomic mass is 9.70. The van der Waals surface area contributed by atoms with Crippen molar-refractivity contribution in [3.8, 4) is 5.75 Å². The number of carbonyl (C=O) groups is 1. The van der Waals surface area contributed by atoms with Crippen molar-refractivity contribution in [1.29, 1.82) is 0 Å². The van der Waals surface area contributed by atoms with Crippen molar-refractivity contribution in [2.24, 2.45) is 16.7 Å². The Morgan fingerprint density at radius 2 is 1.88 bits per heavy atom. The molecule has 0 aliphatic heterocycles. The molecule has 2 saturated carbocycles. The van der Waals surface area contributed by atoms with Crippen LogP contribution in [-0.4, -0.2) is 18.7 Å². The highest BCUT2D eigenvalue weighted by Crippen LogP contribution is 2.66. The number of carbonyl (C=O) groups excluding carboxylic acids is 1. The summed E-state index contributed by atoms with van der Waals surface area (Å²) in [4.78, 5) is 12.3. The minimum absolute atomic E-state index is 0.0222. The lowest BCUT2D eigenvalue weighted by Crippen LogP contribution is -2.39. The summed E-state index contributed by atoms with van der Waals surface area (Å²) in [5, 5.41) is 2.27. The van der Waals surface area contributed by atoms with Crippen LogP contribution in [0.3, 0.4) is 0 Å². The number of benzene rings is 2. The minimum atomic E-state index is -0.261. The molecule has 2 bridgehead atoms. The number of hydrogen-bond acceptors (Lipinski definition) is 3. The van der Waals surface area contributed by atoms with Gasteiger partial charge in [-0.05, 0) is 53.5 Å². The fraction of sp³-hybridized carbons (Fsp3) is 0.500. The van der Waals surface area contributed by atoms with Gasteiger partial charge in [-0.25, -0.2) is 4.79 Å². The van der Waals surface area contributed by atoms with Crippen LogP contribution in [0.4, 0.5) is 0 Å². The average Bonchev–Trinajstić information content (AvgIpc) is 2.93. The molecular weight excluding hydrogens is 312 g/mol. The molecule has 0 radical (unpaired) electrons. The van der Waals surface area contributed by atoms with Gasteiger partial charge in [0.2, 0.25) is 0 Å². The topological polar surface area (TPSA) is 35.5 Å². The molecule has 3 heteroatoms. The van der Waals surface area contributed by atoms with Gasteiger partial charge in [0, 0.05) is 5.41 Å². The standard InChI is InChI=1S/C22H26O3/c1-21(2)17-10-11-22(21,3)19(13-17)25-20(23)14-24-18-9-8-15-6-4-5-7-16(15)12-18/h4-9,12,17,19H,10-11,13-14H2,1-3H3/t17-,19-,22-/m0/s1. The molecule has 0 unspecified atom stereocenters. The highest BCUT2D eigenvalue weighted by molar-refractivity contribution is 5.83. The SMILES string of the molecule is CC1(C)[C@H]2CC[C@@]1(C)[C@@H](OC(=O)COc1ccc3ccccc3c1)C2. The molecular formula is C22H26O3. The Bertz CT molecular complexity index is 810. The lowest BCUT2D eigenvalue weighted by molar-refractivity contribution is -0.159. The predicted octanol–water partition coefficient (Wildman–Crippen LogP) is 4.98. The van der Waals surface area contributed by atoms with Gasteiger partial charge in [0.25, 0.3) is 0 Å². The lowest BCUT2D eigenvalue weighted by Gasteiger charge is -2.38. The van der Waals surface area contributed by atoms with Crippen molar-refractivity contribution >= 4 is 16.7 Å². The van der Waals surface area contributed by atoms with Crippen LogP contribution in [0.5, 0.6) is 5.75 Å². The predicted molar refractivity (Wildman–Crippen MR) is 98.6 cm³/mol. The zero-order valence-electron chi connectivity index (χ0n) is 15.2. The van der Waals surface area contributed by atoms with E-state index in [-0.39, 0.29) is 29.5 Å². The molecule has 2 fully saturated rings. The summed E-state index contributed by atoms with van der Waals surface area (Å²) in [7, 11) is 0. The molecule has 2 aliphatic carbocycles. The maximum absolute atomic E-state index is 12.3. The van der Waals surface area contributed by atoms with Gasteiger partial charge in [0.1, 0.15) is 11.9 Å². The fourth-order valence-corrected chi connectivity index (χ4v) is 4.90. The molecule has 25 heavy (non-hydrogen) atoms. The van der Waals surface area contributed by atoms with E-state index in [1.54, 1.807) is 0 Å². The van der Waals surface area contributed by atoms with E-state index >= 15 is 0 Å². The number of rotatable bonds is 4. The summed E-state index contributed by atoms with van der Waals surface area (Å²) in [6.45, 7) is 6.90. The highest BCUT2D eigenvalue weighted by atomic mass is 16.6. The second-order valence-corrected chi connectivity index (χ2v) is 8.39. The van der Waals surface area contributed by atoms with Crippen molar-refractivity contribution in [2.45, 2.75) is 46.1 Å². The Hall–Kier alpha value is -2.03. The first kappa shape index (κ1) is 16.4. The second-order valence-electron chi connectivity index (χ2n) is 8.39. The maximum Gasteiger partial charge on any atom is 0.344 e. The first-order valence-corrected chi connectivity index (χ1v) is 9.21. The molecule has 3 nitrogen and oxygen atoms in total. The Balaban J connectivity index is 1.38. The molecule has 0 spiro atoms. The van der Waals surface area contributed by atoms with Crippen LogP contribution in [0, 0.1) is 16.7 Å². The number of hydrogen-bond donors (Lipinski definition) is 0. The van der Waals surface area contributed by atoms with Crippen LogP contribution in [0.2, 0.25) is 0 Å². The largest absolute Gasteiger partial charge is 0.482 e. The summed E-state index contributed by atoms with van der Waals surface area (Å²) < 4.78 is 11.5. The molecule has 132 valence electrons. The first-order valence-electron chi connectivity index (χ1n) is 9.21. The summed E-state index contributed by atoms with van der Waals surface area (Å²) in [5.41, 5.74) is 0.341. The monoisotopic (exact) mass is 338 g/mol. The van der Waals surface area contributed by atoms with Gasteiger partial charge in [-0.1, -0.05) is 51.1 Å². The van der Waals surface area contributed by atoms with Gasteiger partial charge in [-0.3, -0.25) is 0 Å². The minimum Gasteiger partial charge on any atom is -0.482 e. The zero-order valence-corrected chi connectivity index (χ0v) is 15.2. The molecule has 0 saturated heterocycles. The highest BCUT2D eigenvalue weighted by Gasteiger charge is 2.62. The summed E-state index contributed by atoms with van der Waals surface area (Å²) in [6.07, 6.45) is 3.42. The molecule has 3 atom stereocenters. The molecule has 0 heterocycles. The van der Waals surface area contributed by atoms with E-state index in [1.807, 2.05) is 36.4 Å². The van der Waals surface area contributed by atoms with Crippen LogP contribution in [0.15, 0.2) is 42.5 Å². The van der Waals surface area contributed by atoms with Crippen molar-refractivity contribution in [1.82, 2.24) is 0 Å². The second kappa shape index (κ2) is 5.76.